The number of fused-ring (bicyclic) bond motifs is 1. The molecule has 2 aromatic carbocycles. The number of amides is 1. The van der Waals surface area contributed by atoms with Gasteiger partial charge < -0.3 is 5.32 Å². The predicted octanol–water partition coefficient (Wildman–Crippen LogP) is 2.13. The van der Waals surface area contributed by atoms with Crippen LogP contribution in [-0.4, -0.2) is 32.3 Å². The van der Waals surface area contributed by atoms with Crippen molar-refractivity contribution in [1.82, 2.24) is 25.1 Å². The highest BCUT2D eigenvalue weighted by Gasteiger charge is 2.14. The van der Waals surface area contributed by atoms with Gasteiger partial charge in [-0.1, -0.05) is 30.3 Å². The predicted molar refractivity (Wildman–Crippen MR) is 106 cm³/mol. The molecule has 2 aromatic heterocycles. The lowest BCUT2D eigenvalue weighted by molar-refractivity contribution is -0.120. The molecule has 0 aliphatic carbocycles. The summed E-state index contributed by atoms with van der Waals surface area (Å²) in [5.74, 6) is -0.268. The van der Waals surface area contributed by atoms with E-state index in [0.717, 1.165) is 12.0 Å². The molecule has 4 aromatic rings. The SMILES string of the molecule is O=C(Cc1n[nH]c(=O)c2cc(-c3ccc(F)cc3)nn12)NCCc1ccccc1. The molecule has 8 heteroatoms. The second kappa shape index (κ2) is 8.05. The Morgan fingerprint density at radius 2 is 1.86 bits per heavy atom. The summed E-state index contributed by atoms with van der Waals surface area (Å²) in [6.45, 7) is 0.495. The summed E-state index contributed by atoms with van der Waals surface area (Å²) >= 11 is 0. The van der Waals surface area contributed by atoms with Crippen LogP contribution in [0.3, 0.4) is 0 Å². The van der Waals surface area contributed by atoms with Gasteiger partial charge in [0.15, 0.2) is 5.82 Å². The molecule has 0 radical (unpaired) electrons. The van der Waals surface area contributed by atoms with Gasteiger partial charge in [0, 0.05) is 12.1 Å². The molecule has 2 heterocycles. The Morgan fingerprint density at radius 1 is 1.10 bits per heavy atom. The zero-order valence-electron chi connectivity index (χ0n) is 15.4. The Hall–Kier alpha value is -3.81. The van der Waals surface area contributed by atoms with Gasteiger partial charge in [0.05, 0.1) is 12.1 Å². The van der Waals surface area contributed by atoms with Crippen molar-refractivity contribution in [2.24, 2.45) is 0 Å². The van der Waals surface area contributed by atoms with Crippen molar-refractivity contribution in [2.45, 2.75) is 12.8 Å². The van der Waals surface area contributed by atoms with Gasteiger partial charge in [-0.15, -0.1) is 0 Å². The molecule has 0 atom stereocenters. The number of nitrogens with one attached hydrogen (secondary N) is 2. The second-order valence-electron chi connectivity index (χ2n) is 6.56. The van der Waals surface area contributed by atoms with Crippen LogP contribution in [0.4, 0.5) is 4.39 Å². The smallest absolute Gasteiger partial charge is 0.290 e. The Morgan fingerprint density at radius 3 is 2.62 bits per heavy atom. The molecule has 0 saturated carbocycles. The maximum absolute atomic E-state index is 13.2. The number of rotatable bonds is 6. The highest BCUT2D eigenvalue weighted by molar-refractivity contribution is 5.78. The fourth-order valence-corrected chi connectivity index (χ4v) is 3.03. The van der Waals surface area contributed by atoms with Gasteiger partial charge in [0.1, 0.15) is 11.3 Å². The van der Waals surface area contributed by atoms with Crippen molar-refractivity contribution in [2.75, 3.05) is 6.54 Å². The Balaban J connectivity index is 1.51. The zero-order chi connectivity index (χ0) is 20.2. The molecule has 146 valence electrons. The second-order valence-corrected chi connectivity index (χ2v) is 6.56. The van der Waals surface area contributed by atoms with Gasteiger partial charge in [-0.05, 0) is 42.3 Å². The quantitative estimate of drug-likeness (QED) is 0.527. The molecular formula is C21H18FN5O2. The van der Waals surface area contributed by atoms with Gasteiger partial charge in [-0.3, -0.25) is 9.59 Å². The molecule has 0 fully saturated rings. The lowest BCUT2D eigenvalue weighted by Gasteiger charge is -2.06. The lowest BCUT2D eigenvalue weighted by Crippen LogP contribution is -2.29. The van der Waals surface area contributed by atoms with Crippen molar-refractivity contribution in [1.29, 1.82) is 0 Å². The third kappa shape index (κ3) is 4.21. The number of aromatic amines is 1. The lowest BCUT2D eigenvalue weighted by atomic mass is 10.1. The van der Waals surface area contributed by atoms with Crippen LogP contribution < -0.4 is 10.9 Å². The monoisotopic (exact) mass is 391 g/mol. The standard InChI is InChI=1S/C21H18FN5O2/c22-16-8-6-15(7-9-16)17-12-18-21(29)25-24-19(27(18)26-17)13-20(28)23-11-10-14-4-2-1-3-5-14/h1-9,12H,10-11,13H2,(H,23,28)(H,25,29). The summed E-state index contributed by atoms with van der Waals surface area (Å²) < 4.78 is 14.5. The first-order valence-corrected chi connectivity index (χ1v) is 9.14. The fraction of sp³-hybridized carbons (Fsp3) is 0.143. The molecule has 4 rings (SSSR count). The number of carbonyl (C=O) groups excluding carboxylic acids is 1. The van der Waals surface area contributed by atoms with E-state index in [1.54, 1.807) is 18.2 Å². The van der Waals surface area contributed by atoms with Crippen molar-refractivity contribution < 1.29 is 9.18 Å². The summed E-state index contributed by atoms with van der Waals surface area (Å²) in [6.07, 6.45) is 0.685. The molecule has 0 bridgehead atoms. The first kappa shape index (κ1) is 18.5. The van der Waals surface area contributed by atoms with Crippen LogP contribution in [0.1, 0.15) is 11.4 Å². The van der Waals surface area contributed by atoms with E-state index in [0.29, 0.717) is 23.6 Å². The van der Waals surface area contributed by atoms with E-state index in [2.05, 4.69) is 20.6 Å². The minimum Gasteiger partial charge on any atom is -0.355 e. The average molecular weight is 391 g/mol. The maximum Gasteiger partial charge on any atom is 0.290 e. The van der Waals surface area contributed by atoms with E-state index in [4.69, 9.17) is 0 Å². The molecule has 7 nitrogen and oxygen atoms in total. The highest BCUT2D eigenvalue weighted by Crippen LogP contribution is 2.19. The molecular weight excluding hydrogens is 373 g/mol. The Bertz CT molecular complexity index is 1200. The normalized spacial score (nSPS) is 10.9. The van der Waals surface area contributed by atoms with E-state index in [-0.39, 0.29) is 23.7 Å². The first-order valence-electron chi connectivity index (χ1n) is 9.14. The number of carbonyl (C=O) groups is 1. The van der Waals surface area contributed by atoms with E-state index in [9.17, 15) is 14.0 Å². The largest absolute Gasteiger partial charge is 0.355 e. The average Bonchev–Trinajstić information content (AvgIpc) is 3.18. The molecule has 1 amide bonds. The van der Waals surface area contributed by atoms with Crippen LogP contribution >= 0.6 is 0 Å². The van der Waals surface area contributed by atoms with E-state index < -0.39 is 5.56 Å². The number of halogens is 1. The highest BCUT2D eigenvalue weighted by atomic mass is 19.1. The van der Waals surface area contributed by atoms with Crippen molar-refractivity contribution in [3.63, 3.8) is 0 Å². The molecule has 0 spiro atoms. The molecule has 0 unspecified atom stereocenters. The number of H-pyrrole nitrogens is 1. The van der Waals surface area contributed by atoms with Gasteiger partial charge in [-0.25, -0.2) is 14.0 Å². The molecule has 0 saturated heterocycles. The van der Waals surface area contributed by atoms with E-state index in [1.165, 1.54) is 16.6 Å². The number of benzene rings is 2. The van der Waals surface area contributed by atoms with Gasteiger partial charge in [-0.2, -0.15) is 10.2 Å². The van der Waals surface area contributed by atoms with E-state index >= 15 is 0 Å². The summed E-state index contributed by atoms with van der Waals surface area (Å²) in [7, 11) is 0. The van der Waals surface area contributed by atoms with Crippen LogP contribution in [0.5, 0.6) is 0 Å². The van der Waals surface area contributed by atoms with Crippen LogP contribution in [0.25, 0.3) is 16.8 Å². The summed E-state index contributed by atoms with van der Waals surface area (Å²) in [5, 5.41) is 13.6. The topological polar surface area (TPSA) is 92.2 Å². The summed E-state index contributed by atoms with van der Waals surface area (Å²) in [5.41, 5.74) is 2.14. The minimum absolute atomic E-state index is 0.0351. The molecule has 0 aliphatic heterocycles. The van der Waals surface area contributed by atoms with Crippen molar-refractivity contribution in [3.8, 4) is 11.3 Å². The Kier molecular flexibility index (Phi) is 5.15. The molecule has 2 N–H and O–H groups in total. The Labute approximate surface area is 165 Å². The number of aromatic nitrogens is 4. The van der Waals surface area contributed by atoms with Crippen LogP contribution in [0.2, 0.25) is 0 Å². The zero-order valence-corrected chi connectivity index (χ0v) is 15.4. The van der Waals surface area contributed by atoms with Crippen molar-refractivity contribution in [3.05, 3.63) is 88.2 Å². The fourth-order valence-electron chi connectivity index (χ4n) is 3.03. The van der Waals surface area contributed by atoms with Gasteiger partial charge >= 0.3 is 0 Å². The van der Waals surface area contributed by atoms with Gasteiger partial charge in [0.25, 0.3) is 5.56 Å². The van der Waals surface area contributed by atoms with Crippen molar-refractivity contribution >= 4 is 11.4 Å². The first-order chi connectivity index (χ1) is 14.1. The summed E-state index contributed by atoms with van der Waals surface area (Å²) in [4.78, 5) is 24.4. The molecule has 29 heavy (non-hydrogen) atoms. The number of nitrogens with zero attached hydrogens (tertiary/aromatic N) is 3. The van der Waals surface area contributed by atoms with Crippen LogP contribution in [0, 0.1) is 5.82 Å². The minimum atomic E-state index is -0.418. The summed E-state index contributed by atoms with van der Waals surface area (Å²) in [6, 6.07) is 17.2. The molecule has 0 aliphatic rings. The third-order valence-corrected chi connectivity index (χ3v) is 4.51. The van der Waals surface area contributed by atoms with Crippen LogP contribution in [-0.2, 0) is 17.6 Å². The maximum atomic E-state index is 13.2. The van der Waals surface area contributed by atoms with E-state index in [1.807, 2.05) is 30.3 Å². The van der Waals surface area contributed by atoms with Crippen LogP contribution in [0.15, 0.2) is 65.5 Å². The number of hydrogen-bond donors (Lipinski definition) is 2. The number of hydrogen-bond acceptors (Lipinski definition) is 4. The third-order valence-electron chi connectivity index (χ3n) is 4.51. The van der Waals surface area contributed by atoms with Gasteiger partial charge in [0.2, 0.25) is 5.91 Å².